The van der Waals surface area contributed by atoms with E-state index in [0.29, 0.717) is 12.8 Å². The van der Waals surface area contributed by atoms with Gasteiger partial charge in [-0.3, -0.25) is 4.79 Å². The number of nitrogens with two attached hydrogens (primary N) is 1. The highest BCUT2D eigenvalue weighted by Crippen LogP contribution is 2.14. The number of carbonyl (C=O) groups excluding carboxylic acids is 1. The summed E-state index contributed by atoms with van der Waals surface area (Å²) in [6, 6.07) is 8.25. The van der Waals surface area contributed by atoms with Crippen LogP contribution in [0.15, 0.2) is 24.3 Å². The maximum atomic E-state index is 11.8. The quantitative estimate of drug-likeness (QED) is 0.841. The lowest BCUT2D eigenvalue weighted by molar-refractivity contribution is -0.122. The molecule has 0 bridgehead atoms. The van der Waals surface area contributed by atoms with Gasteiger partial charge in [0.1, 0.15) is 0 Å². The molecule has 0 aliphatic carbocycles. The Bertz CT molecular complexity index is 390. The number of benzene rings is 1. The van der Waals surface area contributed by atoms with E-state index in [2.05, 4.69) is 24.4 Å². The van der Waals surface area contributed by atoms with Crippen LogP contribution in [0.25, 0.3) is 0 Å². The zero-order valence-corrected chi connectivity index (χ0v) is 11.8. The summed E-state index contributed by atoms with van der Waals surface area (Å²) in [4.78, 5) is 11.8. The Kier molecular flexibility index (Phi) is 4.91. The van der Waals surface area contributed by atoms with Gasteiger partial charge >= 0.3 is 0 Å². The molecule has 0 heterocycles. The van der Waals surface area contributed by atoms with Crippen LogP contribution < -0.4 is 11.1 Å². The lowest BCUT2D eigenvalue weighted by Crippen LogP contribution is -2.35. The Labute approximate surface area is 110 Å². The van der Waals surface area contributed by atoms with E-state index in [0.717, 1.165) is 5.56 Å². The molecule has 0 radical (unpaired) electrons. The summed E-state index contributed by atoms with van der Waals surface area (Å²) >= 11 is 0. The van der Waals surface area contributed by atoms with Gasteiger partial charge in [-0.15, -0.1) is 0 Å². The predicted octanol–water partition coefficient (Wildman–Crippen LogP) is 2.69. The standard InChI is InChI=1S/C15H24N2O/c1-11-5-7-13(8-6-11)12(2)17-14(18)9-10-15(3,4)16/h5-8,12H,9-10,16H2,1-4H3,(H,17,18)/t12-/m0/s1. The second-order valence-electron chi connectivity index (χ2n) is 5.69. The zero-order valence-electron chi connectivity index (χ0n) is 11.8. The van der Waals surface area contributed by atoms with Crippen molar-refractivity contribution >= 4 is 5.91 Å². The molecule has 1 aromatic rings. The van der Waals surface area contributed by atoms with E-state index in [1.165, 1.54) is 5.56 Å². The van der Waals surface area contributed by atoms with Gasteiger partial charge in [-0.05, 0) is 39.7 Å². The average Bonchev–Trinajstić information content (AvgIpc) is 2.26. The summed E-state index contributed by atoms with van der Waals surface area (Å²) in [6.07, 6.45) is 1.17. The first-order chi connectivity index (χ1) is 8.28. The Morgan fingerprint density at radius 1 is 1.33 bits per heavy atom. The van der Waals surface area contributed by atoms with Crippen LogP contribution in [0.2, 0.25) is 0 Å². The highest BCUT2D eigenvalue weighted by atomic mass is 16.1. The molecule has 3 N–H and O–H groups in total. The fraction of sp³-hybridized carbons (Fsp3) is 0.533. The number of amides is 1. The molecule has 100 valence electrons. The van der Waals surface area contributed by atoms with Crippen molar-refractivity contribution < 1.29 is 4.79 Å². The minimum Gasteiger partial charge on any atom is -0.350 e. The molecule has 18 heavy (non-hydrogen) atoms. The van der Waals surface area contributed by atoms with Crippen molar-refractivity contribution in [1.82, 2.24) is 5.32 Å². The first-order valence-electron chi connectivity index (χ1n) is 6.43. The number of aryl methyl sites for hydroxylation is 1. The highest BCUT2D eigenvalue weighted by Gasteiger charge is 2.15. The van der Waals surface area contributed by atoms with Gasteiger partial charge in [0, 0.05) is 12.0 Å². The molecule has 0 aliphatic rings. The summed E-state index contributed by atoms with van der Waals surface area (Å²) in [5.41, 5.74) is 7.93. The largest absolute Gasteiger partial charge is 0.350 e. The monoisotopic (exact) mass is 248 g/mol. The van der Waals surface area contributed by atoms with Crippen molar-refractivity contribution in [3.05, 3.63) is 35.4 Å². The summed E-state index contributed by atoms with van der Waals surface area (Å²) in [7, 11) is 0. The first-order valence-corrected chi connectivity index (χ1v) is 6.43. The average molecular weight is 248 g/mol. The van der Waals surface area contributed by atoms with Gasteiger partial charge in [0.05, 0.1) is 6.04 Å². The number of rotatable bonds is 5. The minimum atomic E-state index is -0.287. The number of hydrogen-bond acceptors (Lipinski definition) is 2. The number of hydrogen-bond donors (Lipinski definition) is 2. The van der Waals surface area contributed by atoms with Crippen LogP contribution >= 0.6 is 0 Å². The summed E-state index contributed by atoms with van der Waals surface area (Å²) in [6.45, 7) is 7.92. The minimum absolute atomic E-state index is 0.0407. The van der Waals surface area contributed by atoms with E-state index < -0.39 is 0 Å². The molecule has 0 saturated heterocycles. The third-order valence-corrected chi connectivity index (χ3v) is 2.95. The Morgan fingerprint density at radius 3 is 2.39 bits per heavy atom. The third-order valence-electron chi connectivity index (χ3n) is 2.95. The van der Waals surface area contributed by atoms with Crippen molar-refractivity contribution in [2.45, 2.75) is 52.1 Å². The molecule has 0 fully saturated rings. The molecule has 3 nitrogen and oxygen atoms in total. The van der Waals surface area contributed by atoms with E-state index in [1.54, 1.807) is 0 Å². The van der Waals surface area contributed by atoms with Gasteiger partial charge in [0.2, 0.25) is 5.91 Å². The van der Waals surface area contributed by atoms with Gasteiger partial charge in [0.15, 0.2) is 0 Å². The molecule has 1 amide bonds. The van der Waals surface area contributed by atoms with Crippen LogP contribution in [-0.2, 0) is 4.79 Å². The zero-order chi connectivity index (χ0) is 13.8. The highest BCUT2D eigenvalue weighted by molar-refractivity contribution is 5.76. The van der Waals surface area contributed by atoms with E-state index in [9.17, 15) is 4.79 Å². The number of carbonyl (C=O) groups is 1. The molecular formula is C15H24N2O. The maximum Gasteiger partial charge on any atom is 0.220 e. The Hall–Kier alpha value is -1.35. The van der Waals surface area contributed by atoms with Gasteiger partial charge in [-0.25, -0.2) is 0 Å². The second-order valence-corrected chi connectivity index (χ2v) is 5.69. The van der Waals surface area contributed by atoms with Crippen LogP contribution in [-0.4, -0.2) is 11.4 Å². The van der Waals surface area contributed by atoms with Crippen LogP contribution in [0.4, 0.5) is 0 Å². The Balaban J connectivity index is 2.47. The van der Waals surface area contributed by atoms with Crippen LogP contribution in [0.5, 0.6) is 0 Å². The van der Waals surface area contributed by atoms with Gasteiger partial charge in [-0.1, -0.05) is 29.8 Å². The van der Waals surface area contributed by atoms with Crippen molar-refractivity contribution in [1.29, 1.82) is 0 Å². The summed E-state index contributed by atoms with van der Waals surface area (Å²) < 4.78 is 0. The van der Waals surface area contributed by atoms with E-state index in [4.69, 9.17) is 5.73 Å². The molecule has 1 atom stereocenters. The van der Waals surface area contributed by atoms with Crippen molar-refractivity contribution in [3.63, 3.8) is 0 Å². The fourth-order valence-electron chi connectivity index (χ4n) is 1.69. The van der Waals surface area contributed by atoms with Crippen molar-refractivity contribution in [2.75, 3.05) is 0 Å². The molecule has 0 aliphatic heterocycles. The molecule has 0 spiro atoms. The van der Waals surface area contributed by atoms with Gasteiger partial charge < -0.3 is 11.1 Å². The molecule has 1 rings (SSSR count). The predicted molar refractivity (Wildman–Crippen MR) is 75.2 cm³/mol. The lowest BCUT2D eigenvalue weighted by Gasteiger charge is -2.19. The SMILES string of the molecule is Cc1ccc([C@H](C)NC(=O)CCC(C)(C)N)cc1. The first kappa shape index (κ1) is 14.7. The maximum absolute atomic E-state index is 11.8. The van der Waals surface area contributed by atoms with E-state index in [-0.39, 0.29) is 17.5 Å². The topological polar surface area (TPSA) is 55.1 Å². The van der Waals surface area contributed by atoms with Crippen molar-refractivity contribution in [3.8, 4) is 0 Å². The number of nitrogens with one attached hydrogen (secondary N) is 1. The fourth-order valence-corrected chi connectivity index (χ4v) is 1.69. The van der Waals surface area contributed by atoms with Crippen LogP contribution in [0.1, 0.15) is 50.8 Å². The lowest BCUT2D eigenvalue weighted by atomic mass is 9.99. The molecule has 1 aromatic carbocycles. The van der Waals surface area contributed by atoms with Crippen molar-refractivity contribution in [2.24, 2.45) is 5.73 Å². The summed E-state index contributed by atoms with van der Waals surface area (Å²) in [5.74, 6) is 0.0570. The molecule has 3 heteroatoms. The van der Waals surface area contributed by atoms with Gasteiger partial charge in [-0.2, -0.15) is 0 Å². The van der Waals surface area contributed by atoms with Crippen LogP contribution in [0.3, 0.4) is 0 Å². The molecular weight excluding hydrogens is 224 g/mol. The third kappa shape index (κ3) is 5.32. The van der Waals surface area contributed by atoms with E-state index >= 15 is 0 Å². The molecule has 0 aromatic heterocycles. The Morgan fingerprint density at radius 2 is 1.89 bits per heavy atom. The normalized spacial score (nSPS) is 13.2. The van der Waals surface area contributed by atoms with Gasteiger partial charge in [0.25, 0.3) is 0 Å². The smallest absolute Gasteiger partial charge is 0.220 e. The van der Waals surface area contributed by atoms with E-state index in [1.807, 2.05) is 32.9 Å². The van der Waals surface area contributed by atoms with Crippen LogP contribution in [0, 0.1) is 6.92 Å². The second kappa shape index (κ2) is 6.01. The molecule has 0 saturated carbocycles. The summed E-state index contributed by atoms with van der Waals surface area (Å²) in [5, 5.41) is 2.99. The molecule has 0 unspecified atom stereocenters.